The summed E-state index contributed by atoms with van der Waals surface area (Å²) in [5, 5.41) is 12.4. The first-order valence-corrected chi connectivity index (χ1v) is 9.76. The summed E-state index contributed by atoms with van der Waals surface area (Å²) in [7, 11) is 0. The fourth-order valence-corrected chi connectivity index (χ4v) is 4.87. The van der Waals surface area contributed by atoms with Gasteiger partial charge in [0.15, 0.2) is 5.16 Å². The zero-order chi connectivity index (χ0) is 15.6. The number of fused-ring (bicyclic) bond motifs is 3. The number of para-hydroxylation sites is 1. The van der Waals surface area contributed by atoms with Gasteiger partial charge in [-0.15, -0.1) is 10.2 Å². The molecule has 1 saturated carbocycles. The fourth-order valence-electron chi connectivity index (χ4n) is 3.10. The maximum atomic E-state index is 12.2. The molecule has 0 spiro atoms. The van der Waals surface area contributed by atoms with Crippen molar-refractivity contribution in [3.63, 3.8) is 0 Å². The molecule has 1 aliphatic rings. The summed E-state index contributed by atoms with van der Waals surface area (Å²) in [6, 6.07) is 8.54. The third kappa shape index (κ3) is 3.07. The molecule has 0 saturated heterocycles. The maximum Gasteiger partial charge on any atom is 0.230 e. The number of nitrogens with one attached hydrogen (secondary N) is 1. The predicted octanol–water partition coefficient (Wildman–Crippen LogP) is 3.49. The topological polar surface area (TPSA) is 59.3 Å². The van der Waals surface area contributed by atoms with Crippen molar-refractivity contribution in [3.8, 4) is 0 Å². The largest absolute Gasteiger partial charge is 0.353 e. The second-order valence-corrected chi connectivity index (χ2v) is 7.81. The average molecular weight is 346 g/mol. The monoisotopic (exact) mass is 346 g/mol. The van der Waals surface area contributed by atoms with E-state index in [9.17, 15) is 4.79 Å². The Hall–Kier alpha value is -1.60. The Morgan fingerprint density at radius 1 is 1.26 bits per heavy atom. The van der Waals surface area contributed by atoms with Crippen LogP contribution in [0.2, 0.25) is 0 Å². The standard InChI is InChI=1S/C16H18N4OS2/c21-14(17-11-6-2-1-3-7-11)10-22-15-18-19-16-20(15)12-8-4-5-9-13(12)23-16/h4-5,8-9,11H,1-3,6-7,10H2,(H,17,21). The molecule has 0 atom stereocenters. The number of carbonyl (C=O) groups excluding carboxylic acids is 1. The molecule has 1 amide bonds. The highest BCUT2D eigenvalue weighted by Crippen LogP contribution is 2.29. The molecule has 5 nitrogen and oxygen atoms in total. The molecule has 0 unspecified atom stereocenters. The molecule has 23 heavy (non-hydrogen) atoms. The lowest BCUT2D eigenvalue weighted by molar-refractivity contribution is -0.119. The number of thiazole rings is 1. The van der Waals surface area contributed by atoms with Crippen molar-refractivity contribution in [1.29, 1.82) is 0 Å². The number of amides is 1. The van der Waals surface area contributed by atoms with E-state index in [0.717, 1.165) is 28.5 Å². The van der Waals surface area contributed by atoms with E-state index >= 15 is 0 Å². The second kappa shape index (κ2) is 6.49. The van der Waals surface area contributed by atoms with Gasteiger partial charge in [-0.1, -0.05) is 54.5 Å². The molecule has 1 fully saturated rings. The summed E-state index contributed by atoms with van der Waals surface area (Å²) in [5.41, 5.74) is 1.10. The third-order valence-corrected chi connectivity index (χ3v) is 6.15. The lowest BCUT2D eigenvalue weighted by atomic mass is 9.95. The number of rotatable bonds is 4. The smallest absolute Gasteiger partial charge is 0.230 e. The van der Waals surface area contributed by atoms with E-state index in [1.165, 1.54) is 35.7 Å². The molecule has 0 radical (unpaired) electrons. The molecular formula is C16H18N4OS2. The number of aromatic nitrogens is 3. The van der Waals surface area contributed by atoms with Crippen molar-refractivity contribution in [2.24, 2.45) is 0 Å². The van der Waals surface area contributed by atoms with E-state index in [2.05, 4.69) is 27.6 Å². The first kappa shape index (κ1) is 15.0. The number of nitrogens with zero attached hydrogens (tertiary/aromatic N) is 3. The Balaban J connectivity index is 1.46. The molecule has 1 aliphatic carbocycles. The van der Waals surface area contributed by atoms with Crippen molar-refractivity contribution in [2.75, 3.05) is 5.75 Å². The highest BCUT2D eigenvalue weighted by Gasteiger charge is 2.17. The van der Waals surface area contributed by atoms with Gasteiger partial charge in [0.25, 0.3) is 0 Å². The normalized spacial score (nSPS) is 16.2. The molecule has 1 N–H and O–H groups in total. The minimum absolute atomic E-state index is 0.0955. The van der Waals surface area contributed by atoms with Gasteiger partial charge in [0, 0.05) is 6.04 Å². The number of hydrogen-bond donors (Lipinski definition) is 1. The van der Waals surface area contributed by atoms with Crippen LogP contribution in [0.15, 0.2) is 29.4 Å². The highest BCUT2D eigenvalue weighted by molar-refractivity contribution is 7.99. The van der Waals surface area contributed by atoms with Gasteiger partial charge in [-0.3, -0.25) is 9.20 Å². The van der Waals surface area contributed by atoms with Crippen LogP contribution in [0, 0.1) is 0 Å². The van der Waals surface area contributed by atoms with E-state index in [4.69, 9.17) is 0 Å². The highest BCUT2D eigenvalue weighted by atomic mass is 32.2. The summed E-state index contributed by atoms with van der Waals surface area (Å²) >= 11 is 3.08. The van der Waals surface area contributed by atoms with Crippen molar-refractivity contribution in [3.05, 3.63) is 24.3 Å². The molecule has 2 aromatic heterocycles. The lowest BCUT2D eigenvalue weighted by Gasteiger charge is -2.22. The van der Waals surface area contributed by atoms with Crippen LogP contribution in [0.3, 0.4) is 0 Å². The van der Waals surface area contributed by atoms with Crippen LogP contribution in [0.4, 0.5) is 0 Å². The van der Waals surface area contributed by atoms with Crippen molar-refractivity contribution in [1.82, 2.24) is 19.9 Å². The Morgan fingerprint density at radius 3 is 2.96 bits per heavy atom. The first-order valence-electron chi connectivity index (χ1n) is 7.96. The Kier molecular flexibility index (Phi) is 4.22. The molecular weight excluding hydrogens is 328 g/mol. The number of benzene rings is 1. The van der Waals surface area contributed by atoms with Gasteiger partial charge in [-0.2, -0.15) is 0 Å². The lowest BCUT2D eigenvalue weighted by Crippen LogP contribution is -2.37. The SMILES string of the molecule is O=C(CSc1nnc2sc3ccccc3n12)NC1CCCCC1. The number of thioether (sulfide) groups is 1. The Bertz CT molecular complexity index is 835. The molecule has 0 aliphatic heterocycles. The van der Waals surface area contributed by atoms with Crippen molar-refractivity contribution >= 4 is 44.2 Å². The average Bonchev–Trinajstić information content (AvgIpc) is 3.13. The number of carbonyl (C=O) groups is 1. The van der Waals surface area contributed by atoms with E-state index in [1.54, 1.807) is 11.3 Å². The number of hydrogen-bond acceptors (Lipinski definition) is 5. The van der Waals surface area contributed by atoms with Gasteiger partial charge >= 0.3 is 0 Å². The molecule has 3 aromatic rings. The fraction of sp³-hybridized carbons (Fsp3) is 0.438. The summed E-state index contributed by atoms with van der Waals surface area (Å²) in [6.45, 7) is 0. The van der Waals surface area contributed by atoms with Gasteiger partial charge in [-0.05, 0) is 25.0 Å². The van der Waals surface area contributed by atoms with Crippen molar-refractivity contribution < 1.29 is 4.79 Å². The van der Waals surface area contributed by atoms with Crippen LogP contribution in [0.5, 0.6) is 0 Å². The van der Waals surface area contributed by atoms with Gasteiger partial charge in [0.1, 0.15) is 0 Å². The van der Waals surface area contributed by atoms with Crippen LogP contribution < -0.4 is 5.32 Å². The van der Waals surface area contributed by atoms with E-state index in [1.807, 2.05) is 16.5 Å². The van der Waals surface area contributed by atoms with Gasteiger partial charge in [-0.25, -0.2) is 0 Å². The van der Waals surface area contributed by atoms with Gasteiger partial charge in [0.2, 0.25) is 10.9 Å². The minimum atomic E-state index is 0.0955. The van der Waals surface area contributed by atoms with Crippen LogP contribution >= 0.6 is 23.1 Å². The van der Waals surface area contributed by atoms with Crippen LogP contribution in [-0.4, -0.2) is 32.3 Å². The molecule has 7 heteroatoms. The molecule has 120 valence electrons. The zero-order valence-corrected chi connectivity index (χ0v) is 14.3. The van der Waals surface area contributed by atoms with Gasteiger partial charge in [0.05, 0.1) is 16.0 Å². The predicted molar refractivity (Wildman–Crippen MR) is 94.1 cm³/mol. The summed E-state index contributed by atoms with van der Waals surface area (Å²) in [6.07, 6.45) is 5.97. The summed E-state index contributed by atoms with van der Waals surface area (Å²) in [5.74, 6) is 0.486. The van der Waals surface area contributed by atoms with Gasteiger partial charge < -0.3 is 5.32 Å². The van der Waals surface area contributed by atoms with Crippen LogP contribution in [-0.2, 0) is 4.79 Å². The molecule has 4 rings (SSSR count). The van der Waals surface area contributed by atoms with E-state index in [0.29, 0.717) is 11.8 Å². The summed E-state index contributed by atoms with van der Waals surface area (Å²) < 4.78 is 3.23. The molecule has 0 bridgehead atoms. The van der Waals surface area contributed by atoms with Crippen LogP contribution in [0.1, 0.15) is 32.1 Å². The Morgan fingerprint density at radius 2 is 2.09 bits per heavy atom. The maximum absolute atomic E-state index is 12.2. The van der Waals surface area contributed by atoms with E-state index < -0.39 is 0 Å². The zero-order valence-electron chi connectivity index (χ0n) is 12.7. The molecule has 2 heterocycles. The molecule has 1 aromatic carbocycles. The first-order chi connectivity index (χ1) is 11.3. The van der Waals surface area contributed by atoms with E-state index in [-0.39, 0.29) is 5.91 Å². The van der Waals surface area contributed by atoms with Crippen LogP contribution in [0.25, 0.3) is 15.2 Å². The summed E-state index contributed by atoms with van der Waals surface area (Å²) in [4.78, 5) is 13.0. The second-order valence-electron chi connectivity index (χ2n) is 5.86. The quantitative estimate of drug-likeness (QED) is 0.735. The third-order valence-electron chi connectivity index (χ3n) is 4.21. The van der Waals surface area contributed by atoms with Crippen molar-refractivity contribution in [2.45, 2.75) is 43.3 Å². The minimum Gasteiger partial charge on any atom is -0.353 e. The Labute approximate surface area is 142 Å².